The summed E-state index contributed by atoms with van der Waals surface area (Å²) in [4.78, 5) is 0. The van der Waals surface area contributed by atoms with E-state index in [1.807, 2.05) is 0 Å². The molecule has 1 aromatic carbocycles. The first-order valence-electron chi connectivity index (χ1n) is 5.54. The van der Waals surface area contributed by atoms with Crippen molar-refractivity contribution in [3.8, 4) is 0 Å². The van der Waals surface area contributed by atoms with Crippen molar-refractivity contribution < 1.29 is 0 Å². The van der Waals surface area contributed by atoms with Crippen LogP contribution in [0.5, 0.6) is 0 Å². The van der Waals surface area contributed by atoms with Gasteiger partial charge >= 0.3 is 0 Å². The zero-order chi connectivity index (χ0) is 10.7. The van der Waals surface area contributed by atoms with Crippen LogP contribution in [0.1, 0.15) is 30.7 Å². The molecule has 0 saturated heterocycles. The molecule has 0 spiro atoms. The quantitative estimate of drug-likeness (QED) is 0.865. The second-order valence-corrected chi connectivity index (χ2v) is 4.99. The van der Waals surface area contributed by atoms with Crippen molar-refractivity contribution in [3.63, 3.8) is 0 Å². The van der Waals surface area contributed by atoms with Gasteiger partial charge in [-0.2, -0.15) is 0 Å². The molecule has 2 rings (SSSR count). The van der Waals surface area contributed by atoms with Crippen LogP contribution in [-0.2, 0) is 0 Å². The minimum Gasteiger partial charge on any atom is -0.385 e. The molecule has 0 amide bonds. The average molecular weight is 269 g/mol. The summed E-state index contributed by atoms with van der Waals surface area (Å²) in [6.45, 7) is 1.85. The van der Waals surface area contributed by atoms with E-state index in [-0.39, 0.29) is 0 Å². The van der Waals surface area contributed by atoms with Crippen molar-refractivity contribution in [2.75, 3.05) is 18.4 Å². The lowest BCUT2D eigenvalue weighted by molar-refractivity contribution is 0.580. The number of fused-ring (bicyclic) bond motifs is 1. The lowest BCUT2D eigenvalue weighted by atomic mass is 9.91. The molecule has 0 aromatic heterocycles. The summed E-state index contributed by atoms with van der Waals surface area (Å²) in [6.07, 6.45) is 3.58. The van der Waals surface area contributed by atoms with Gasteiger partial charge in [-0.15, -0.1) is 0 Å². The number of hydrogen-bond donors (Lipinski definition) is 2. The molecule has 0 fully saturated rings. The minimum atomic E-state index is 0.632. The lowest BCUT2D eigenvalue weighted by Crippen LogP contribution is -2.07. The third-order valence-electron chi connectivity index (χ3n) is 3.02. The highest BCUT2D eigenvalue weighted by atomic mass is 79.9. The van der Waals surface area contributed by atoms with E-state index in [9.17, 15) is 0 Å². The Morgan fingerprint density at radius 1 is 1.47 bits per heavy atom. The van der Waals surface area contributed by atoms with Crippen LogP contribution in [0.25, 0.3) is 0 Å². The first-order chi connectivity index (χ1) is 7.31. The Morgan fingerprint density at radius 2 is 2.33 bits per heavy atom. The molecule has 1 aromatic rings. The molecule has 0 bridgehead atoms. The number of nitrogens with one attached hydrogen (secondary N) is 1. The maximum atomic E-state index is 5.67. The third kappa shape index (κ3) is 2.52. The standard InChI is InChI=1S/C12H17BrN2/c13-10-3-4-11-9(5-6-14)2-1-7-15-12(11)8-10/h3-4,8-9,15H,1-2,5-7,14H2. The highest BCUT2D eigenvalue weighted by Crippen LogP contribution is 2.34. The summed E-state index contributed by atoms with van der Waals surface area (Å²) in [5.74, 6) is 0.632. The summed E-state index contributed by atoms with van der Waals surface area (Å²) in [5.41, 5.74) is 8.38. The Kier molecular flexibility index (Phi) is 3.65. The SMILES string of the molecule is NCCC1CCCNc2cc(Br)ccc21. The largest absolute Gasteiger partial charge is 0.385 e. The van der Waals surface area contributed by atoms with Gasteiger partial charge in [0.25, 0.3) is 0 Å². The molecule has 82 valence electrons. The molecule has 3 heteroatoms. The van der Waals surface area contributed by atoms with Crippen molar-refractivity contribution in [3.05, 3.63) is 28.2 Å². The Hall–Kier alpha value is -0.540. The third-order valence-corrected chi connectivity index (χ3v) is 3.51. The van der Waals surface area contributed by atoms with Crippen molar-refractivity contribution in [2.45, 2.75) is 25.2 Å². The van der Waals surface area contributed by atoms with E-state index < -0.39 is 0 Å². The van der Waals surface area contributed by atoms with Gasteiger partial charge in [0, 0.05) is 16.7 Å². The molecule has 15 heavy (non-hydrogen) atoms. The van der Waals surface area contributed by atoms with E-state index in [2.05, 4.69) is 39.4 Å². The molecular weight excluding hydrogens is 252 g/mol. The van der Waals surface area contributed by atoms with Gasteiger partial charge in [0.1, 0.15) is 0 Å². The van der Waals surface area contributed by atoms with Crippen LogP contribution in [0.3, 0.4) is 0 Å². The van der Waals surface area contributed by atoms with Crippen LogP contribution in [0.2, 0.25) is 0 Å². The van der Waals surface area contributed by atoms with E-state index >= 15 is 0 Å². The van der Waals surface area contributed by atoms with Gasteiger partial charge < -0.3 is 11.1 Å². The molecule has 0 aliphatic carbocycles. The van der Waals surface area contributed by atoms with Crippen LogP contribution >= 0.6 is 15.9 Å². The van der Waals surface area contributed by atoms with Gasteiger partial charge in [-0.05, 0) is 49.4 Å². The number of anilines is 1. The van der Waals surface area contributed by atoms with Crippen LogP contribution < -0.4 is 11.1 Å². The Labute approximate surface area is 99.4 Å². The van der Waals surface area contributed by atoms with Gasteiger partial charge in [0.2, 0.25) is 0 Å². The van der Waals surface area contributed by atoms with Crippen molar-refractivity contribution in [2.24, 2.45) is 5.73 Å². The van der Waals surface area contributed by atoms with Crippen LogP contribution in [0.4, 0.5) is 5.69 Å². The second-order valence-electron chi connectivity index (χ2n) is 4.07. The van der Waals surface area contributed by atoms with Gasteiger partial charge in [0.15, 0.2) is 0 Å². The highest BCUT2D eigenvalue weighted by Gasteiger charge is 2.17. The number of benzene rings is 1. The monoisotopic (exact) mass is 268 g/mol. The maximum absolute atomic E-state index is 5.67. The molecule has 1 aliphatic heterocycles. The highest BCUT2D eigenvalue weighted by molar-refractivity contribution is 9.10. The zero-order valence-electron chi connectivity index (χ0n) is 8.80. The van der Waals surface area contributed by atoms with Gasteiger partial charge in [-0.1, -0.05) is 22.0 Å². The Morgan fingerprint density at radius 3 is 3.13 bits per heavy atom. The summed E-state index contributed by atoms with van der Waals surface area (Å²) in [7, 11) is 0. The number of rotatable bonds is 2. The van der Waals surface area contributed by atoms with E-state index in [1.54, 1.807) is 0 Å². The normalized spacial score (nSPS) is 20.3. The average Bonchev–Trinajstić information content (AvgIpc) is 2.41. The molecule has 3 N–H and O–H groups in total. The van der Waals surface area contributed by atoms with Gasteiger partial charge in [-0.25, -0.2) is 0 Å². The first kappa shape index (κ1) is 11.0. The zero-order valence-corrected chi connectivity index (χ0v) is 10.4. The summed E-state index contributed by atoms with van der Waals surface area (Å²) in [6, 6.07) is 6.51. The van der Waals surface area contributed by atoms with Crippen LogP contribution in [0.15, 0.2) is 22.7 Å². The molecule has 1 heterocycles. The van der Waals surface area contributed by atoms with Crippen LogP contribution in [0, 0.1) is 0 Å². The smallest absolute Gasteiger partial charge is 0.0386 e. The summed E-state index contributed by atoms with van der Waals surface area (Å²) < 4.78 is 1.14. The molecule has 1 unspecified atom stereocenters. The first-order valence-corrected chi connectivity index (χ1v) is 6.34. The van der Waals surface area contributed by atoms with E-state index in [1.165, 1.54) is 24.1 Å². The topological polar surface area (TPSA) is 38.0 Å². The Balaban J connectivity index is 2.32. The molecule has 2 nitrogen and oxygen atoms in total. The predicted octanol–water partition coefficient (Wildman–Crippen LogP) is 3.09. The molecule has 1 atom stereocenters. The Bertz CT molecular complexity index is 338. The molecule has 0 saturated carbocycles. The van der Waals surface area contributed by atoms with Crippen molar-refractivity contribution in [1.82, 2.24) is 0 Å². The fourth-order valence-corrected chi connectivity index (χ4v) is 2.63. The van der Waals surface area contributed by atoms with Gasteiger partial charge in [0.05, 0.1) is 0 Å². The number of hydrogen-bond acceptors (Lipinski definition) is 2. The van der Waals surface area contributed by atoms with Crippen molar-refractivity contribution in [1.29, 1.82) is 0 Å². The number of nitrogens with two attached hydrogens (primary N) is 1. The van der Waals surface area contributed by atoms with Crippen molar-refractivity contribution >= 4 is 21.6 Å². The minimum absolute atomic E-state index is 0.632. The maximum Gasteiger partial charge on any atom is 0.0386 e. The summed E-state index contributed by atoms with van der Waals surface area (Å²) in [5, 5.41) is 3.48. The number of halogens is 1. The van der Waals surface area contributed by atoms with E-state index in [0.29, 0.717) is 5.92 Å². The second kappa shape index (κ2) is 4.99. The molecule has 1 aliphatic rings. The fourth-order valence-electron chi connectivity index (χ4n) is 2.27. The van der Waals surface area contributed by atoms with E-state index in [4.69, 9.17) is 5.73 Å². The fraction of sp³-hybridized carbons (Fsp3) is 0.500. The van der Waals surface area contributed by atoms with E-state index in [0.717, 1.165) is 24.0 Å². The van der Waals surface area contributed by atoms with Gasteiger partial charge in [-0.3, -0.25) is 0 Å². The lowest BCUT2D eigenvalue weighted by Gasteiger charge is -2.16. The molecule has 0 radical (unpaired) electrons. The molecular formula is C12H17BrN2. The summed E-state index contributed by atoms with van der Waals surface area (Å²) >= 11 is 3.51. The van der Waals surface area contributed by atoms with Crippen LogP contribution in [-0.4, -0.2) is 13.1 Å². The predicted molar refractivity (Wildman–Crippen MR) is 68.3 cm³/mol.